The zero-order valence-corrected chi connectivity index (χ0v) is 19.9. The maximum Gasteiger partial charge on any atom is 0.255 e. The second kappa shape index (κ2) is 9.08. The molecule has 1 aliphatic heterocycles. The average Bonchev–Trinajstić information content (AvgIpc) is 3.13. The van der Waals surface area contributed by atoms with Gasteiger partial charge in [-0.15, -0.1) is 0 Å². The summed E-state index contributed by atoms with van der Waals surface area (Å²) in [5.74, 6) is -0.0592. The van der Waals surface area contributed by atoms with E-state index in [1.807, 2.05) is 36.3 Å². The number of hydrogen-bond donors (Lipinski definition) is 0. The van der Waals surface area contributed by atoms with E-state index in [4.69, 9.17) is 23.2 Å². The monoisotopic (exact) mass is 473 g/mol. The first-order valence-electron chi connectivity index (χ1n) is 10.6. The van der Waals surface area contributed by atoms with Crippen LogP contribution in [0.3, 0.4) is 0 Å². The molecule has 7 nitrogen and oxygen atoms in total. The van der Waals surface area contributed by atoms with Crippen LogP contribution in [0.1, 0.15) is 39.4 Å². The molecular weight excluding hydrogens is 449 g/mol. The number of hydrogen-bond acceptors (Lipinski definition) is 4. The standard InChI is InChI=1S/C23H25Cl2N5O2/c1-14-12-21-26-15(2)18(16(3)30(21)27-14)6-7-22(31)28-8-10-29(11-9-28)23(32)19-5-4-17(24)13-20(19)25/h4-5,12-13H,6-11H2,1-3H3. The van der Waals surface area contributed by atoms with Gasteiger partial charge >= 0.3 is 0 Å². The van der Waals surface area contributed by atoms with Crippen LogP contribution in [0.5, 0.6) is 0 Å². The molecule has 9 heteroatoms. The third kappa shape index (κ3) is 4.45. The lowest BCUT2D eigenvalue weighted by Gasteiger charge is -2.35. The topological polar surface area (TPSA) is 70.8 Å². The molecular formula is C23H25Cl2N5O2. The summed E-state index contributed by atoms with van der Waals surface area (Å²) in [7, 11) is 0. The number of carbonyl (C=O) groups excluding carboxylic acids is 2. The van der Waals surface area contributed by atoms with Gasteiger partial charge in [-0.25, -0.2) is 9.50 Å². The van der Waals surface area contributed by atoms with Crippen LogP contribution in [-0.2, 0) is 11.2 Å². The lowest BCUT2D eigenvalue weighted by molar-refractivity contribution is -0.132. The fourth-order valence-corrected chi connectivity index (χ4v) is 4.67. The summed E-state index contributed by atoms with van der Waals surface area (Å²) in [5.41, 5.74) is 5.18. The number of amides is 2. The van der Waals surface area contributed by atoms with Crippen LogP contribution in [0.15, 0.2) is 24.3 Å². The molecule has 0 atom stereocenters. The van der Waals surface area contributed by atoms with E-state index in [1.165, 1.54) is 0 Å². The van der Waals surface area contributed by atoms with Gasteiger partial charge in [0.25, 0.3) is 5.91 Å². The summed E-state index contributed by atoms with van der Waals surface area (Å²) >= 11 is 12.1. The van der Waals surface area contributed by atoms with E-state index in [2.05, 4.69) is 10.1 Å². The number of piperazine rings is 1. The summed E-state index contributed by atoms with van der Waals surface area (Å²) < 4.78 is 1.84. The van der Waals surface area contributed by atoms with Gasteiger partial charge in [0.05, 0.1) is 16.3 Å². The fourth-order valence-electron chi connectivity index (χ4n) is 4.19. The van der Waals surface area contributed by atoms with Gasteiger partial charge in [-0.2, -0.15) is 5.10 Å². The van der Waals surface area contributed by atoms with Gasteiger partial charge in [0.2, 0.25) is 5.91 Å². The van der Waals surface area contributed by atoms with Crippen LogP contribution in [0, 0.1) is 20.8 Å². The lowest BCUT2D eigenvalue weighted by atomic mass is 10.1. The summed E-state index contributed by atoms with van der Waals surface area (Å²) in [5, 5.41) is 5.32. The van der Waals surface area contributed by atoms with Crippen molar-refractivity contribution in [1.29, 1.82) is 0 Å². The van der Waals surface area contributed by atoms with Crippen LogP contribution in [-0.4, -0.2) is 62.4 Å². The molecule has 0 saturated carbocycles. The van der Waals surface area contributed by atoms with E-state index in [-0.39, 0.29) is 11.8 Å². The van der Waals surface area contributed by atoms with Gasteiger partial charge in [0.15, 0.2) is 5.65 Å². The molecule has 0 unspecified atom stereocenters. The van der Waals surface area contributed by atoms with E-state index in [0.717, 1.165) is 28.3 Å². The number of halogens is 2. The Hall–Kier alpha value is -2.64. The molecule has 1 aromatic carbocycles. The summed E-state index contributed by atoms with van der Waals surface area (Å²) in [4.78, 5) is 33.8. The Kier molecular flexibility index (Phi) is 6.40. The highest BCUT2D eigenvalue weighted by molar-refractivity contribution is 6.36. The Morgan fingerprint density at radius 3 is 2.38 bits per heavy atom. The second-order valence-electron chi connectivity index (χ2n) is 8.11. The van der Waals surface area contributed by atoms with Crippen molar-refractivity contribution in [3.8, 4) is 0 Å². The average molecular weight is 474 g/mol. The zero-order valence-electron chi connectivity index (χ0n) is 18.4. The zero-order chi connectivity index (χ0) is 23.0. The quantitative estimate of drug-likeness (QED) is 0.576. The number of rotatable bonds is 4. The van der Waals surface area contributed by atoms with E-state index in [9.17, 15) is 9.59 Å². The van der Waals surface area contributed by atoms with Crippen molar-refractivity contribution < 1.29 is 9.59 Å². The van der Waals surface area contributed by atoms with Crippen molar-refractivity contribution in [2.45, 2.75) is 33.6 Å². The van der Waals surface area contributed by atoms with Crippen LogP contribution >= 0.6 is 23.2 Å². The van der Waals surface area contributed by atoms with Gasteiger partial charge in [-0.1, -0.05) is 23.2 Å². The molecule has 0 aliphatic carbocycles. The number of aryl methyl sites for hydroxylation is 3. The molecule has 168 valence electrons. The Bertz CT molecular complexity index is 1200. The van der Waals surface area contributed by atoms with Crippen LogP contribution in [0.2, 0.25) is 10.0 Å². The molecule has 1 aliphatic rings. The van der Waals surface area contributed by atoms with Crippen LogP contribution < -0.4 is 0 Å². The third-order valence-corrected chi connectivity index (χ3v) is 6.50. The predicted octanol–water partition coefficient (Wildman–Crippen LogP) is 3.88. The second-order valence-corrected chi connectivity index (χ2v) is 8.96. The minimum atomic E-state index is -0.140. The molecule has 2 amide bonds. The Balaban J connectivity index is 1.36. The first kappa shape index (κ1) is 22.6. The van der Waals surface area contributed by atoms with Gasteiger partial charge in [-0.05, 0) is 51.0 Å². The van der Waals surface area contributed by atoms with E-state index in [0.29, 0.717) is 54.6 Å². The normalized spacial score (nSPS) is 14.3. The Morgan fingerprint density at radius 2 is 1.69 bits per heavy atom. The summed E-state index contributed by atoms with van der Waals surface area (Å²) in [6, 6.07) is 6.81. The molecule has 0 spiro atoms. The minimum absolute atomic E-state index is 0.0807. The minimum Gasteiger partial charge on any atom is -0.339 e. The van der Waals surface area contributed by atoms with Crippen molar-refractivity contribution in [3.63, 3.8) is 0 Å². The largest absolute Gasteiger partial charge is 0.339 e. The predicted molar refractivity (Wildman–Crippen MR) is 124 cm³/mol. The molecule has 3 aromatic rings. The van der Waals surface area contributed by atoms with Crippen molar-refractivity contribution >= 4 is 40.7 Å². The maximum atomic E-state index is 12.8. The Morgan fingerprint density at radius 1 is 1.00 bits per heavy atom. The number of carbonyl (C=O) groups is 2. The van der Waals surface area contributed by atoms with Crippen LogP contribution in [0.4, 0.5) is 0 Å². The van der Waals surface area contributed by atoms with E-state index >= 15 is 0 Å². The summed E-state index contributed by atoms with van der Waals surface area (Å²) in [6.45, 7) is 7.88. The molecule has 2 aromatic heterocycles. The number of nitrogens with zero attached hydrogens (tertiary/aromatic N) is 5. The third-order valence-electron chi connectivity index (χ3n) is 5.96. The highest BCUT2D eigenvalue weighted by Gasteiger charge is 2.26. The first-order chi connectivity index (χ1) is 15.2. The van der Waals surface area contributed by atoms with Gasteiger partial charge in [0, 0.05) is 55.1 Å². The Labute approximate surface area is 196 Å². The fraction of sp³-hybridized carbons (Fsp3) is 0.391. The van der Waals surface area contributed by atoms with Gasteiger partial charge in [-0.3, -0.25) is 9.59 Å². The number of aromatic nitrogens is 3. The van der Waals surface area contributed by atoms with Gasteiger partial charge < -0.3 is 9.80 Å². The van der Waals surface area contributed by atoms with Crippen molar-refractivity contribution in [1.82, 2.24) is 24.4 Å². The lowest BCUT2D eigenvalue weighted by Crippen LogP contribution is -2.50. The first-order valence-corrected chi connectivity index (χ1v) is 11.3. The van der Waals surface area contributed by atoms with Gasteiger partial charge in [0.1, 0.15) is 0 Å². The molecule has 1 fully saturated rings. The van der Waals surface area contributed by atoms with Crippen molar-refractivity contribution in [2.75, 3.05) is 26.2 Å². The molecule has 0 bridgehead atoms. The number of fused-ring (bicyclic) bond motifs is 1. The molecule has 3 heterocycles. The highest BCUT2D eigenvalue weighted by atomic mass is 35.5. The number of benzene rings is 1. The molecule has 32 heavy (non-hydrogen) atoms. The molecule has 0 radical (unpaired) electrons. The van der Waals surface area contributed by atoms with Crippen molar-refractivity contribution in [3.05, 3.63) is 62.5 Å². The highest BCUT2D eigenvalue weighted by Crippen LogP contribution is 2.23. The maximum absolute atomic E-state index is 12.8. The molecule has 0 N–H and O–H groups in total. The smallest absolute Gasteiger partial charge is 0.255 e. The van der Waals surface area contributed by atoms with Crippen LogP contribution in [0.25, 0.3) is 5.65 Å². The van der Waals surface area contributed by atoms with E-state index < -0.39 is 0 Å². The SMILES string of the molecule is Cc1cc2nc(C)c(CCC(=O)N3CCN(C(=O)c4ccc(Cl)cc4Cl)CC3)c(C)n2n1. The molecule has 4 rings (SSSR count). The summed E-state index contributed by atoms with van der Waals surface area (Å²) in [6.07, 6.45) is 1.00. The van der Waals surface area contributed by atoms with E-state index in [1.54, 1.807) is 23.1 Å². The van der Waals surface area contributed by atoms with Crippen molar-refractivity contribution in [2.24, 2.45) is 0 Å². The molecule has 1 saturated heterocycles.